The van der Waals surface area contributed by atoms with Gasteiger partial charge in [-0.25, -0.2) is 14.8 Å². The number of nitrogens with zero attached hydrogens (tertiary/aromatic N) is 2. The minimum Gasteiger partial charge on any atom is -0.492 e. The van der Waals surface area contributed by atoms with Gasteiger partial charge in [0.1, 0.15) is 18.7 Å². The van der Waals surface area contributed by atoms with Gasteiger partial charge in [0.25, 0.3) is 5.91 Å². The summed E-state index contributed by atoms with van der Waals surface area (Å²) in [5.74, 6) is -0.725. The predicted octanol–water partition coefficient (Wildman–Crippen LogP) is 0.984. The fraction of sp³-hybridized carbons (Fsp3) is 0.143. The number of hydrogen-bond acceptors (Lipinski definition) is 5. The Morgan fingerprint density at radius 3 is 2.38 bits per heavy atom. The van der Waals surface area contributed by atoms with Crippen LogP contribution in [0.25, 0.3) is 0 Å². The summed E-state index contributed by atoms with van der Waals surface area (Å²) in [6, 6.07) is 6.04. The number of ether oxygens (including phenoxy) is 1. The van der Waals surface area contributed by atoms with Crippen molar-refractivity contribution in [3.8, 4) is 5.75 Å². The van der Waals surface area contributed by atoms with Gasteiger partial charge in [-0.15, -0.1) is 0 Å². The van der Waals surface area contributed by atoms with Gasteiger partial charge in [0, 0.05) is 12.4 Å². The predicted molar refractivity (Wildman–Crippen MR) is 73.3 cm³/mol. The molecule has 1 aromatic carbocycles. The van der Waals surface area contributed by atoms with Crippen molar-refractivity contribution in [1.82, 2.24) is 15.3 Å². The number of aromatic carboxylic acids is 1. The van der Waals surface area contributed by atoms with Crippen LogP contribution in [0.4, 0.5) is 0 Å². The van der Waals surface area contributed by atoms with E-state index in [1.54, 1.807) is 12.1 Å². The van der Waals surface area contributed by atoms with E-state index in [1.165, 1.54) is 30.9 Å². The zero-order valence-corrected chi connectivity index (χ0v) is 11.0. The second-order valence-corrected chi connectivity index (χ2v) is 4.06. The van der Waals surface area contributed by atoms with E-state index in [0.717, 1.165) is 0 Å². The van der Waals surface area contributed by atoms with Crippen molar-refractivity contribution in [1.29, 1.82) is 0 Å². The molecule has 0 radical (unpaired) electrons. The summed E-state index contributed by atoms with van der Waals surface area (Å²) in [6.07, 6.45) is 4.20. The SMILES string of the molecule is O=C(O)c1ccc(OCCNC(=O)c2cncnc2)cc1. The van der Waals surface area contributed by atoms with Gasteiger partial charge in [-0.1, -0.05) is 0 Å². The fourth-order valence-electron chi connectivity index (χ4n) is 1.55. The van der Waals surface area contributed by atoms with E-state index in [2.05, 4.69) is 15.3 Å². The van der Waals surface area contributed by atoms with Crippen LogP contribution in [0.3, 0.4) is 0 Å². The van der Waals surface area contributed by atoms with Crippen LogP contribution in [-0.4, -0.2) is 40.1 Å². The molecule has 1 aromatic heterocycles. The van der Waals surface area contributed by atoms with Crippen LogP contribution in [0.15, 0.2) is 43.0 Å². The number of hydrogen-bond donors (Lipinski definition) is 2. The van der Waals surface area contributed by atoms with Gasteiger partial charge < -0.3 is 15.2 Å². The van der Waals surface area contributed by atoms with E-state index in [1.807, 2.05) is 0 Å². The van der Waals surface area contributed by atoms with Crippen LogP contribution in [0.5, 0.6) is 5.75 Å². The summed E-state index contributed by atoms with van der Waals surface area (Å²) >= 11 is 0. The summed E-state index contributed by atoms with van der Waals surface area (Å²) < 4.78 is 5.39. The second kappa shape index (κ2) is 6.99. The largest absolute Gasteiger partial charge is 0.492 e. The molecule has 1 amide bonds. The normalized spacial score (nSPS) is 9.90. The van der Waals surface area contributed by atoms with Crippen molar-refractivity contribution in [3.05, 3.63) is 54.1 Å². The molecule has 0 spiro atoms. The highest BCUT2D eigenvalue weighted by molar-refractivity contribution is 5.93. The molecular formula is C14H13N3O4. The van der Waals surface area contributed by atoms with Gasteiger partial charge in [-0.05, 0) is 24.3 Å². The number of carbonyl (C=O) groups excluding carboxylic acids is 1. The lowest BCUT2D eigenvalue weighted by Gasteiger charge is -2.07. The van der Waals surface area contributed by atoms with Crippen molar-refractivity contribution in [3.63, 3.8) is 0 Å². The molecule has 0 aliphatic rings. The molecule has 21 heavy (non-hydrogen) atoms. The fourth-order valence-corrected chi connectivity index (χ4v) is 1.55. The van der Waals surface area contributed by atoms with Gasteiger partial charge >= 0.3 is 5.97 Å². The van der Waals surface area contributed by atoms with Gasteiger partial charge in [0.15, 0.2) is 0 Å². The first-order valence-electron chi connectivity index (χ1n) is 6.16. The third-order valence-electron chi connectivity index (χ3n) is 2.58. The van der Waals surface area contributed by atoms with Gasteiger partial charge in [0.05, 0.1) is 17.7 Å². The molecule has 108 valence electrons. The Morgan fingerprint density at radius 2 is 1.76 bits per heavy atom. The molecule has 0 aliphatic carbocycles. The van der Waals surface area contributed by atoms with Crippen molar-refractivity contribution in [2.45, 2.75) is 0 Å². The standard InChI is InChI=1S/C14H13N3O4/c18-13(11-7-15-9-16-8-11)17-5-6-21-12-3-1-10(2-4-12)14(19)20/h1-4,7-9H,5-6H2,(H,17,18)(H,19,20). The maximum absolute atomic E-state index is 11.7. The van der Waals surface area contributed by atoms with Crippen LogP contribution < -0.4 is 10.1 Å². The van der Waals surface area contributed by atoms with Crippen LogP contribution in [0, 0.1) is 0 Å². The molecule has 0 bridgehead atoms. The van der Waals surface area contributed by atoms with Gasteiger partial charge in [-0.3, -0.25) is 4.79 Å². The Hall–Kier alpha value is -2.96. The number of aromatic nitrogens is 2. The lowest BCUT2D eigenvalue weighted by Crippen LogP contribution is -2.28. The Bertz CT molecular complexity index is 614. The molecule has 0 saturated carbocycles. The molecule has 7 heteroatoms. The zero-order valence-electron chi connectivity index (χ0n) is 11.0. The molecule has 1 heterocycles. The Labute approximate surface area is 120 Å². The van der Waals surface area contributed by atoms with E-state index < -0.39 is 5.97 Å². The topological polar surface area (TPSA) is 101 Å². The number of carbonyl (C=O) groups is 2. The molecule has 0 unspecified atom stereocenters. The maximum Gasteiger partial charge on any atom is 0.335 e. The van der Waals surface area contributed by atoms with E-state index in [9.17, 15) is 9.59 Å². The summed E-state index contributed by atoms with van der Waals surface area (Å²) in [5.41, 5.74) is 0.572. The highest BCUT2D eigenvalue weighted by atomic mass is 16.5. The molecule has 0 aliphatic heterocycles. The van der Waals surface area contributed by atoms with E-state index >= 15 is 0 Å². The number of amides is 1. The Morgan fingerprint density at radius 1 is 1.10 bits per heavy atom. The lowest BCUT2D eigenvalue weighted by molar-refractivity contribution is 0.0696. The van der Waals surface area contributed by atoms with Gasteiger partial charge in [-0.2, -0.15) is 0 Å². The van der Waals surface area contributed by atoms with Crippen LogP contribution >= 0.6 is 0 Å². The zero-order chi connectivity index (χ0) is 15.1. The first-order chi connectivity index (χ1) is 10.2. The van der Waals surface area contributed by atoms with Crippen molar-refractivity contribution in [2.24, 2.45) is 0 Å². The van der Waals surface area contributed by atoms with Gasteiger partial charge in [0.2, 0.25) is 0 Å². The number of rotatable bonds is 6. The summed E-state index contributed by atoms with van der Waals surface area (Å²) in [4.78, 5) is 29.9. The minimum absolute atomic E-state index is 0.194. The first kappa shape index (κ1) is 14.4. The molecule has 0 atom stereocenters. The quantitative estimate of drug-likeness (QED) is 0.768. The summed E-state index contributed by atoms with van der Waals surface area (Å²) in [7, 11) is 0. The van der Waals surface area contributed by atoms with Crippen LogP contribution in [0.2, 0.25) is 0 Å². The molecule has 7 nitrogen and oxygen atoms in total. The molecular weight excluding hydrogens is 274 g/mol. The van der Waals surface area contributed by atoms with E-state index in [0.29, 0.717) is 17.9 Å². The number of carboxylic acids is 1. The third-order valence-corrected chi connectivity index (χ3v) is 2.58. The van der Waals surface area contributed by atoms with Crippen LogP contribution in [-0.2, 0) is 0 Å². The number of nitrogens with one attached hydrogen (secondary N) is 1. The van der Waals surface area contributed by atoms with Crippen molar-refractivity contribution >= 4 is 11.9 Å². The number of benzene rings is 1. The second-order valence-electron chi connectivity index (χ2n) is 4.06. The molecule has 0 saturated heterocycles. The molecule has 2 rings (SSSR count). The van der Waals surface area contributed by atoms with Crippen LogP contribution in [0.1, 0.15) is 20.7 Å². The average Bonchev–Trinajstić information content (AvgIpc) is 2.52. The smallest absolute Gasteiger partial charge is 0.335 e. The average molecular weight is 287 g/mol. The summed E-state index contributed by atoms with van der Waals surface area (Å²) in [5, 5.41) is 11.4. The third kappa shape index (κ3) is 4.27. The first-order valence-corrected chi connectivity index (χ1v) is 6.16. The summed E-state index contributed by atoms with van der Waals surface area (Å²) in [6.45, 7) is 0.584. The van der Waals surface area contributed by atoms with E-state index in [4.69, 9.17) is 9.84 Å². The Kier molecular flexibility index (Phi) is 4.81. The highest BCUT2D eigenvalue weighted by Gasteiger charge is 2.05. The lowest BCUT2D eigenvalue weighted by atomic mass is 10.2. The minimum atomic E-state index is -0.987. The molecule has 2 N–H and O–H groups in total. The number of carboxylic acid groups (broad SMARTS) is 1. The molecule has 2 aromatic rings. The monoisotopic (exact) mass is 287 g/mol. The van der Waals surface area contributed by atoms with Crippen molar-refractivity contribution in [2.75, 3.05) is 13.2 Å². The Balaban J connectivity index is 1.75. The molecule has 0 fully saturated rings. The van der Waals surface area contributed by atoms with E-state index in [-0.39, 0.29) is 18.1 Å². The maximum atomic E-state index is 11.7. The van der Waals surface area contributed by atoms with Crippen molar-refractivity contribution < 1.29 is 19.4 Å². The highest BCUT2D eigenvalue weighted by Crippen LogP contribution is 2.11.